The highest BCUT2D eigenvalue weighted by atomic mass is 35.5. The van der Waals surface area contributed by atoms with Crippen molar-refractivity contribution in [2.75, 3.05) is 6.61 Å². The van der Waals surface area contributed by atoms with Gasteiger partial charge in [-0.3, -0.25) is 0 Å². The van der Waals surface area contributed by atoms with Crippen molar-refractivity contribution in [2.45, 2.75) is 19.6 Å². The Balaban J connectivity index is 2.47. The van der Waals surface area contributed by atoms with Gasteiger partial charge in [0.25, 0.3) is 0 Å². The van der Waals surface area contributed by atoms with Gasteiger partial charge in [-0.15, -0.1) is 0 Å². The molecule has 1 rings (SSSR count). The largest absolute Gasteiger partial charge is 0.375 e. The van der Waals surface area contributed by atoms with Gasteiger partial charge in [-0.05, 0) is 24.6 Å². The summed E-state index contributed by atoms with van der Waals surface area (Å²) in [7, 11) is 0. The summed E-state index contributed by atoms with van der Waals surface area (Å²) in [5.74, 6) is 0. The first-order chi connectivity index (χ1) is 6.59. The van der Waals surface area contributed by atoms with Gasteiger partial charge >= 0.3 is 0 Å². The molecular formula is C10H13Cl2NO. The van der Waals surface area contributed by atoms with Crippen molar-refractivity contribution in [3.8, 4) is 0 Å². The summed E-state index contributed by atoms with van der Waals surface area (Å²) in [6.45, 7) is 2.95. The van der Waals surface area contributed by atoms with Crippen LogP contribution in [0.15, 0.2) is 18.2 Å². The van der Waals surface area contributed by atoms with E-state index in [-0.39, 0.29) is 6.04 Å². The summed E-state index contributed by atoms with van der Waals surface area (Å²) in [5.41, 5.74) is 6.54. The van der Waals surface area contributed by atoms with Crippen molar-refractivity contribution in [1.82, 2.24) is 0 Å². The fourth-order valence-corrected chi connectivity index (χ4v) is 1.31. The lowest BCUT2D eigenvalue weighted by Gasteiger charge is -2.07. The number of nitrogens with two attached hydrogens (primary N) is 1. The van der Waals surface area contributed by atoms with E-state index in [1.165, 1.54) is 0 Å². The zero-order valence-electron chi connectivity index (χ0n) is 7.97. The van der Waals surface area contributed by atoms with Gasteiger partial charge in [0.1, 0.15) is 0 Å². The lowest BCUT2D eigenvalue weighted by molar-refractivity contribution is 0.111. The van der Waals surface area contributed by atoms with E-state index in [1.807, 2.05) is 13.0 Å². The number of benzene rings is 1. The highest BCUT2D eigenvalue weighted by Gasteiger charge is 2.00. The van der Waals surface area contributed by atoms with Gasteiger partial charge in [-0.25, -0.2) is 0 Å². The predicted molar refractivity (Wildman–Crippen MR) is 59.8 cm³/mol. The van der Waals surface area contributed by atoms with Crippen LogP contribution in [0, 0.1) is 0 Å². The van der Waals surface area contributed by atoms with E-state index in [0.29, 0.717) is 23.3 Å². The monoisotopic (exact) mass is 233 g/mol. The number of rotatable bonds is 4. The Labute approximate surface area is 94.0 Å². The molecule has 0 heterocycles. The Kier molecular flexibility index (Phi) is 4.69. The Morgan fingerprint density at radius 3 is 2.64 bits per heavy atom. The smallest absolute Gasteiger partial charge is 0.0718 e. The molecule has 0 amide bonds. The predicted octanol–water partition coefficient (Wildman–Crippen LogP) is 2.86. The van der Waals surface area contributed by atoms with Crippen LogP contribution in [0.4, 0.5) is 0 Å². The number of hydrogen-bond acceptors (Lipinski definition) is 2. The Morgan fingerprint density at radius 2 is 2.07 bits per heavy atom. The van der Waals surface area contributed by atoms with Crippen LogP contribution < -0.4 is 5.73 Å². The first kappa shape index (κ1) is 11.8. The van der Waals surface area contributed by atoms with Crippen LogP contribution in [0.1, 0.15) is 12.5 Å². The number of hydrogen-bond donors (Lipinski definition) is 1. The molecule has 14 heavy (non-hydrogen) atoms. The minimum atomic E-state index is 0.0535. The lowest BCUT2D eigenvalue weighted by atomic mass is 10.2. The van der Waals surface area contributed by atoms with Crippen LogP contribution in [0.25, 0.3) is 0 Å². The van der Waals surface area contributed by atoms with Crippen molar-refractivity contribution in [1.29, 1.82) is 0 Å². The maximum absolute atomic E-state index is 5.84. The average molecular weight is 234 g/mol. The van der Waals surface area contributed by atoms with Gasteiger partial charge in [-0.2, -0.15) is 0 Å². The molecule has 4 heteroatoms. The van der Waals surface area contributed by atoms with Crippen LogP contribution in [0.5, 0.6) is 0 Å². The first-order valence-corrected chi connectivity index (χ1v) is 5.12. The van der Waals surface area contributed by atoms with E-state index in [2.05, 4.69) is 0 Å². The zero-order chi connectivity index (χ0) is 10.6. The summed E-state index contributed by atoms with van der Waals surface area (Å²) in [5, 5.41) is 1.11. The number of ether oxygens (including phenoxy) is 1. The molecule has 0 aliphatic rings. The van der Waals surface area contributed by atoms with Crippen molar-refractivity contribution in [3.63, 3.8) is 0 Å². The van der Waals surface area contributed by atoms with Gasteiger partial charge < -0.3 is 10.5 Å². The average Bonchev–Trinajstić information content (AvgIpc) is 2.10. The maximum Gasteiger partial charge on any atom is 0.0718 e. The molecule has 78 valence electrons. The van der Waals surface area contributed by atoms with Crippen LogP contribution in [0.3, 0.4) is 0 Å². The van der Waals surface area contributed by atoms with Crippen LogP contribution in [-0.4, -0.2) is 12.6 Å². The van der Waals surface area contributed by atoms with E-state index in [9.17, 15) is 0 Å². The minimum Gasteiger partial charge on any atom is -0.375 e. The van der Waals surface area contributed by atoms with Gasteiger partial charge in [0, 0.05) is 6.04 Å². The van der Waals surface area contributed by atoms with Gasteiger partial charge in [-0.1, -0.05) is 29.3 Å². The van der Waals surface area contributed by atoms with Crippen molar-refractivity contribution in [2.24, 2.45) is 5.73 Å². The zero-order valence-corrected chi connectivity index (χ0v) is 9.48. The van der Waals surface area contributed by atoms with Gasteiger partial charge in [0.15, 0.2) is 0 Å². The highest BCUT2D eigenvalue weighted by Crippen LogP contribution is 2.22. The molecule has 2 N–H and O–H groups in total. The van der Waals surface area contributed by atoms with Gasteiger partial charge in [0.05, 0.1) is 23.3 Å². The molecular weight excluding hydrogens is 221 g/mol. The fourth-order valence-electron chi connectivity index (χ4n) is 0.992. The SMILES string of the molecule is C[C@@H](N)COCc1ccc(Cl)c(Cl)c1. The van der Waals surface area contributed by atoms with Gasteiger partial charge in [0.2, 0.25) is 0 Å². The quantitative estimate of drug-likeness (QED) is 0.869. The molecule has 2 nitrogen and oxygen atoms in total. The topological polar surface area (TPSA) is 35.2 Å². The van der Waals surface area contributed by atoms with Crippen molar-refractivity contribution >= 4 is 23.2 Å². The molecule has 0 radical (unpaired) electrons. The molecule has 0 saturated heterocycles. The maximum atomic E-state index is 5.84. The second kappa shape index (κ2) is 5.56. The molecule has 0 unspecified atom stereocenters. The molecule has 0 spiro atoms. The molecule has 0 saturated carbocycles. The summed E-state index contributed by atoms with van der Waals surface area (Å²) in [6.07, 6.45) is 0. The molecule has 0 fully saturated rings. The van der Waals surface area contributed by atoms with Crippen LogP contribution >= 0.6 is 23.2 Å². The summed E-state index contributed by atoms with van der Waals surface area (Å²) in [4.78, 5) is 0. The van der Waals surface area contributed by atoms with Crippen LogP contribution in [0.2, 0.25) is 10.0 Å². The Hall–Kier alpha value is -0.280. The first-order valence-electron chi connectivity index (χ1n) is 4.37. The Bertz CT molecular complexity index is 302. The third-order valence-electron chi connectivity index (χ3n) is 1.63. The fraction of sp³-hybridized carbons (Fsp3) is 0.400. The van der Waals surface area contributed by atoms with E-state index in [0.717, 1.165) is 5.56 Å². The molecule has 0 aliphatic carbocycles. The van der Waals surface area contributed by atoms with E-state index < -0.39 is 0 Å². The molecule has 0 bridgehead atoms. The summed E-state index contributed by atoms with van der Waals surface area (Å²) >= 11 is 11.6. The standard InChI is InChI=1S/C10H13Cl2NO/c1-7(13)5-14-6-8-2-3-9(11)10(12)4-8/h2-4,7H,5-6,13H2,1H3/t7-/m1/s1. The molecule has 1 aromatic carbocycles. The van der Waals surface area contributed by atoms with Crippen LogP contribution in [-0.2, 0) is 11.3 Å². The van der Waals surface area contributed by atoms with E-state index in [1.54, 1.807) is 12.1 Å². The normalized spacial score (nSPS) is 12.9. The van der Waals surface area contributed by atoms with Crippen molar-refractivity contribution < 1.29 is 4.74 Å². The third-order valence-corrected chi connectivity index (χ3v) is 2.37. The molecule has 0 aliphatic heterocycles. The lowest BCUT2D eigenvalue weighted by Crippen LogP contribution is -2.21. The van der Waals surface area contributed by atoms with E-state index in [4.69, 9.17) is 33.7 Å². The molecule has 1 aromatic rings. The second-order valence-electron chi connectivity index (χ2n) is 3.24. The summed E-state index contributed by atoms with van der Waals surface area (Å²) < 4.78 is 5.35. The molecule has 1 atom stereocenters. The number of halogens is 2. The molecule has 0 aromatic heterocycles. The second-order valence-corrected chi connectivity index (χ2v) is 4.06. The van der Waals surface area contributed by atoms with Crippen molar-refractivity contribution in [3.05, 3.63) is 33.8 Å². The third kappa shape index (κ3) is 3.84. The Morgan fingerprint density at radius 1 is 1.36 bits per heavy atom. The summed E-state index contributed by atoms with van der Waals surface area (Å²) in [6, 6.07) is 5.49. The highest BCUT2D eigenvalue weighted by molar-refractivity contribution is 6.41. The van der Waals surface area contributed by atoms with E-state index >= 15 is 0 Å². The minimum absolute atomic E-state index is 0.0535.